The molecule has 1 aromatic rings. The van der Waals surface area contributed by atoms with E-state index < -0.39 is 0 Å². The molecular formula is C10H13BrN2O2. The van der Waals surface area contributed by atoms with Crippen LogP contribution in [0.25, 0.3) is 0 Å². The van der Waals surface area contributed by atoms with Gasteiger partial charge in [-0.2, -0.15) is 0 Å². The van der Waals surface area contributed by atoms with Crippen LogP contribution in [0.4, 0.5) is 0 Å². The van der Waals surface area contributed by atoms with Crippen LogP contribution in [0.1, 0.15) is 17.3 Å². The van der Waals surface area contributed by atoms with E-state index in [0.29, 0.717) is 6.54 Å². The van der Waals surface area contributed by atoms with Crippen molar-refractivity contribution in [2.75, 3.05) is 6.54 Å². The molecule has 1 unspecified atom stereocenters. The van der Waals surface area contributed by atoms with Crippen LogP contribution >= 0.6 is 15.9 Å². The number of aromatic hydroxyl groups is 1. The Morgan fingerprint density at radius 2 is 2.33 bits per heavy atom. The average molecular weight is 273 g/mol. The summed E-state index contributed by atoms with van der Waals surface area (Å²) in [4.78, 5) is 11.5. The maximum Gasteiger partial charge on any atom is 0.255 e. The molecule has 0 saturated carbocycles. The van der Waals surface area contributed by atoms with Gasteiger partial charge in [-0.05, 0) is 25.1 Å². The Bertz CT molecular complexity index is 366. The minimum absolute atomic E-state index is 0.0495. The molecule has 4 nitrogen and oxygen atoms in total. The number of amides is 1. The van der Waals surface area contributed by atoms with Gasteiger partial charge < -0.3 is 16.2 Å². The third-order valence-electron chi connectivity index (χ3n) is 1.79. The van der Waals surface area contributed by atoms with Gasteiger partial charge in [-0.3, -0.25) is 4.79 Å². The number of hydrogen-bond donors (Lipinski definition) is 3. The molecule has 82 valence electrons. The van der Waals surface area contributed by atoms with Crippen LogP contribution in [0.2, 0.25) is 0 Å². The summed E-state index contributed by atoms with van der Waals surface area (Å²) < 4.78 is 0.726. The maximum atomic E-state index is 11.5. The number of nitrogens with one attached hydrogen (secondary N) is 1. The first kappa shape index (κ1) is 12.0. The molecule has 1 aromatic carbocycles. The molecule has 0 radical (unpaired) electrons. The standard InChI is InChI=1S/C10H13BrN2O2/c1-6(12)5-13-10(15)8-3-2-7(11)4-9(8)14/h2-4,6,14H,5,12H2,1H3,(H,13,15). The van der Waals surface area contributed by atoms with Crippen LogP contribution in [-0.4, -0.2) is 23.6 Å². The summed E-state index contributed by atoms with van der Waals surface area (Å²) in [7, 11) is 0. The van der Waals surface area contributed by atoms with Crippen LogP contribution in [-0.2, 0) is 0 Å². The lowest BCUT2D eigenvalue weighted by Gasteiger charge is -2.08. The molecule has 0 aliphatic carbocycles. The first-order valence-corrected chi connectivity index (χ1v) is 5.32. The van der Waals surface area contributed by atoms with Crippen molar-refractivity contribution in [3.8, 4) is 5.75 Å². The highest BCUT2D eigenvalue weighted by molar-refractivity contribution is 9.10. The zero-order chi connectivity index (χ0) is 11.4. The minimum Gasteiger partial charge on any atom is -0.507 e. The lowest BCUT2D eigenvalue weighted by atomic mass is 10.2. The van der Waals surface area contributed by atoms with Crippen molar-refractivity contribution in [2.45, 2.75) is 13.0 Å². The Morgan fingerprint density at radius 1 is 1.67 bits per heavy atom. The second-order valence-electron chi connectivity index (χ2n) is 3.35. The molecule has 4 N–H and O–H groups in total. The average Bonchev–Trinajstić information content (AvgIpc) is 2.14. The zero-order valence-electron chi connectivity index (χ0n) is 8.33. The van der Waals surface area contributed by atoms with E-state index in [1.54, 1.807) is 19.1 Å². The van der Waals surface area contributed by atoms with Crippen molar-refractivity contribution in [1.29, 1.82) is 0 Å². The molecule has 0 aliphatic heterocycles. The van der Waals surface area contributed by atoms with E-state index in [0.717, 1.165) is 4.47 Å². The molecule has 0 fully saturated rings. The predicted octanol–water partition coefficient (Wildman–Crippen LogP) is 1.23. The number of nitrogens with two attached hydrogens (primary N) is 1. The van der Waals surface area contributed by atoms with Crippen molar-refractivity contribution in [1.82, 2.24) is 5.32 Å². The molecule has 0 aliphatic rings. The van der Waals surface area contributed by atoms with Gasteiger partial charge in [0.05, 0.1) is 5.56 Å². The maximum absolute atomic E-state index is 11.5. The fraction of sp³-hybridized carbons (Fsp3) is 0.300. The highest BCUT2D eigenvalue weighted by Crippen LogP contribution is 2.21. The first-order chi connectivity index (χ1) is 7.00. The highest BCUT2D eigenvalue weighted by Gasteiger charge is 2.10. The van der Waals surface area contributed by atoms with Crippen molar-refractivity contribution >= 4 is 21.8 Å². The number of benzene rings is 1. The molecule has 1 atom stereocenters. The van der Waals surface area contributed by atoms with Crippen LogP contribution in [0.5, 0.6) is 5.75 Å². The number of carbonyl (C=O) groups is 1. The van der Waals surface area contributed by atoms with Crippen LogP contribution in [0.15, 0.2) is 22.7 Å². The van der Waals surface area contributed by atoms with Crippen molar-refractivity contribution < 1.29 is 9.90 Å². The molecule has 0 aromatic heterocycles. The summed E-state index contributed by atoms with van der Waals surface area (Å²) in [5.41, 5.74) is 5.75. The Balaban J connectivity index is 2.74. The molecule has 1 amide bonds. The quantitative estimate of drug-likeness (QED) is 0.775. The third kappa shape index (κ3) is 3.53. The Labute approximate surface area is 96.6 Å². The van der Waals surface area contributed by atoms with E-state index in [-0.39, 0.29) is 23.3 Å². The Kier molecular flexibility index (Phi) is 4.11. The number of rotatable bonds is 3. The van der Waals surface area contributed by atoms with E-state index in [2.05, 4.69) is 21.2 Å². The fourth-order valence-electron chi connectivity index (χ4n) is 1.05. The minimum atomic E-state index is -0.322. The van der Waals surface area contributed by atoms with Gasteiger partial charge in [0.1, 0.15) is 5.75 Å². The molecule has 1 rings (SSSR count). The van der Waals surface area contributed by atoms with Crippen LogP contribution < -0.4 is 11.1 Å². The summed E-state index contributed by atoms with van der Waals surface area (Å²) in [6, 6.07) is 4.61. The topological polar surface area (TPSA) is 75.3 Å². The molecular weight excluding hydrogens is 260 g/mol. The molecule has 0 spiro atoms. The Morgan fingerprint density at radius 3 is 2.87 bits per heavy atom. The van der Waals surface area contributed by atoms with E-state index in [1.165, 1.54) is 6.07 Å². The SMILES string of the molecule is CC(N)CNC(=O)c1ccc(Br)cc1O. The summed E-state index contributed by atoms with van der Waals surface area (Å²) in [5, 5.41) is 12.1. The van der Waals surface area contributed by atoms with E-state index in [9.17, 15) is 9.90 Å². The Hall–Kier alpha value is -1.07. The van der Waals surface area contributed by atoms with Gasteiger partial charge in [0.25, 0.3) is 5.91 Å². The summed E-state index contributed by atoms with van der Waals surface area (Å²) in [6.07, 6.45) is 0. The van der Waals surface area contributed by atoms with Gasteiger partial charge in [0.2, 0.25) is 0 Å². The van der Waals surface area contributed by atoms with Crippen molar-refractivity contribution in [3.05, 3.63) is 28.2 Å². The largest absolute Gasteiger partial charge is 0.507 e. The van der Waals surface area contributed by atoms with E-state index >= 15 is 0 Å². The molecule has 0 bridgehead atoms. The lowest BCUT2D eigenvalue weighted by Crippen LogP contribution is -2.35. The zero-order valence-corrected chi connectivity index (χ0v) is 9.91. The normalized spacial score (nSPS) is 12.2. The first-order valence-electron chi connectivity index (χ1n) is 4.53. The van der Waals surface area contributed by atoms with E-state index in [1.807, 2.05) is 0 Å². The smallest absolute Gasteiger partial charge is 0.255 e. The van der Waals surface area contributed by atoms with Gasteiger partial charge in [-0.1, -0.05) is 15.9 Å². The van der Waals surface area contributed by atoms with Gasteiger partial charge >= 0.3 is 0 Å². The van der Waals surface area contributed by atoms with Crippen LogP contribution in [0, 0.1) is 0 Å². The molecule has 0 saturated heterocycles. The fourth-order valence-corrected chi connectivity index (χ4v) is 1.39. The summed E-state index contributed by atoms with van der Waals surface area (Å²) in [5.74, 6) is -0.371. The second-order valence-corrected chi connectivity index (χ2v) is 4.26. The highest BCUT2D eigenvalue weighted by atomic mass is 79.9. The molecule has 15 heavy (non-hydrogen) atoms. The van der Waals surface area contributed by atoms with Gasteiger partial charge in [-0.25, -0.2) is 0 Å². The summed E-state index contributed by atoms with van der Waals surface area (Å²) in [6.45, 7) is 2.18. The number of halogens is 1. The number of phenols is 1. The number of carbonyl (C=O) groups excluding carboxylic acids is 1. The monoisotopic (exact) mass is 272 g/mol. The molecule has 0 heterocycles. The van der Waals surface area contributed by atoms with Crippen molar-refractivity contribution in [3.63, 3.8) is 0 Å². The third-order valence-corrected chi connectivity index (χ3v) is 2.28. The van der Waals surface area contributed by atoms with Gasteiger partial charge in [0.15, 0.2) is 0 Å². The predicted molar refractivity (Wildman–Crippen MR) is 61.8 cm³/mol. The van der Waals surface area contributed by atoms with E-state index in [4.69, 9.17) is 5.73 Å². The van der Waals surface area contributed by atoms with Gasteiger partial charge in [0, 0.05) is 17.1 Å². The summed E-state index contributed by atoms with van der Waals surface area (Å²) >= 11 is 3.20. The van der Waals surface area contributed by atoms with Crippen molar-refractivity contribution in [2.24, 2.45) is 5.73 Å². The number of phenolic OH excluding ortho intramolecular Hbond substituents is 1. The lowest BCUT2D eigenvalue weighted by molar-refractivity contribution is 0.0949. The molecule has 5 heteroatoms. The van der Waals surface area contributed by atoms with Crippen LogP contribution in [0.3, 0.4) is 0 Å². The second kappa shape index (κ2) is 5.14. The van der Waals surface area contributed by atoms with Gasteiger partial charge in [-0.15, -0.1) is 0 Å². The number of hydrogen-bond acceptors (Lipinski definition) is 3.